The Kier molecular flexibility index (Phi) is 7.48. The van der Waals surface area contributed by atoms with E-state index in [1.54, 1.807) is 43.1 Å². The number of hydrogen-bond acceptors (Lipinski definition) is 3. The van der Waals surface area contributed by atoms with E-state index in [1.165, 1.54) is 0 Å². The zero-order chi connectivity index (χ0) is 18.9. The SMILES string of the molecule is CC(NC(=O)c1ccccc1Cl)C(=O)N(C)CCCOc1ccccc1. The number of amides is 2. The van der Waals surface area contributed by atoms with Crippen molar-refractivity contribution in [3.63, 3.8) is 0 Å². The minimum atomic E-state index is -0.640. The minimum absolute atomic E-state index is 0.162. The van der Waals surface area contributed by atoms with Crippen LogP contribution in [0.3, 0.4) is 0 Å². The molecular weight excluding hydrogens is 352 g/mol. The lowest BCUT2D eigenvalue weighted by molar-refractivity contribution is -0.131. The van der Waals surface area contributed by atoms with E-state index in [0.717, 1.165) is 5.75 Å². The van der Waals surface area contributed by atoms with Gasteiger partial charge in [-0.15, -0.1) is 0 Å². The zero-order valence-electron chi connectivity index (χ0n) is 14.9. The Morgan fingerprint density at radius 3 is 2.46 bits per heavy atom. The van der Waals surface area contributed by atoms with Crippen LogP contribution >= 0.6 is 11.6 Å². The number of benzene rings is 2. The Labute approximate surface area is 158 Å². The highest BCUT2D eigenvalue weighted by Crippen LogP contribution is 2.14. The number of para-hydroxylation sites is 1. The molecule has 0 heterocycles. The molecule has 1 unspecified atom stereocenters. The summed E-state index contributed by atoms with van der Waals surface area (Å²) in [5.41, 5.74) is 0.354. The van der Waals surface area contributed by atoms with Crippen LogP contribution in [0.5, 0.6) is 5.75 Å². The molecule has 0 aliphatic rings. The van der Waals surface area contributed by atoms with E-state index >= 15 is 0 Å². The van der Waals surface area contributed by atoms with Crippen molar-refractivity contribution < 1.29 is 14.3 Å². The molecule has 2 rings (SSSR count). The summed E-state index contributed by atoms with van der Waals surface area (Å²) in [6.07, 6.45) is 0.697. The van der Waals surface area contributed by atoms with Gasteiger partial charge in [0.05, 0.1) is 17.2 Å². The van der Waals surface area contributed by atoms with Gasteiger partial charge in [-0.1, -0.05) is 41.9 Å². The molecule has 0 saturated carbocycles. The van der Waals surface area contributed by atoms with Crippen LogP contribution in [0.1, 0.15) is 23.7 Å². The van der Waals surface area contributed by atoms with Crippen LogP contribution in [0.2, 0.25) is 5.02 Å². The molecule has 0 aliphatic carbocycles. The van der Waals surface area contributed by atoms with Crippen LogP contribution in [0.4, 0.5) is 0 Å². The predicted octanol–water partition coefficient (Wildman–Crippen LogP) is 3.39. The number of carbonyl (C=O) groups is 2. The fourth-order valence-electron chi connectivity index (χ4n) is 2.43. The molecule has 26 heavy (non-hydrogen) atoms. The Balaban J connectivity index is 1.76. The number of halogens is 1. The summed E-state index contributed by atoms with van der Waals surface area (Å²) in [6.45, 7) is 2.72. The highest BCUT2D eigenvalue weighted by molar-refractivity contribution is 6.33. The highest BCUT2D eigenvalue weighted by atomic mass is 35.5. The number of nitrogens with zero attached hydrogens (tertiary/aromatic N) is 1. The molecule has 0 bridgehead atoms. The lowest BCUT2D eigenvalue weighted by Gasteiger charge is -2.22. The van der Waals surface area contributed by atoms with Gasteiger partial charge in [-0.05, 0) is 37.6 Å². The lowest BCUT2D eigenvalue weighted by Crippen LogP contribution is -2.46. The molecule has 0 aliphatic heterocycles. The molecule has 1 atom stereocenters. The number of rotatable bonds is 8. The van der Waals surface area contributed by atoms with Crippen LogP contribution < -0.4 is 10.1 Å². The third-order valence-corrected chi connectivity index (χ3v) is 4.19. The summed E-state index contributed by atoms with van der Waals surface area (Å²) < 4.78 is 5.61. The summed E-state index contributed by atoms with van der Waals surface area (Å²) in [4.78, 5) is 26.2. The van der Waals surface area contributed by atoms with E-state index in [2.05, 4.69) is 5.32 Å². The van der Waals surface area contributed by atoms with Crippen molar-refractivity contribution in [3.8, 4) is 5.75 Å². The van der Waals surface area contributed by atoms with Crippen molar-refractivity contribution >= 4 is 23.4 Å². The van der Waals surface area contributed by atoms with Crippen molar-refractivity contribution in [1.82, 2.24) is 10.2 Å². The average molecular weight is 375 g/mol. The quantitative estimate of drug-likeness (QED) is 0.720. The predicted molar refractivity (Wildman–Crippen MR) is 103 cm³/mol. The maximum absolute atomic E-state index is 12.4. The monoisotopic (exact) mass is 374 g/mol. The van der Waals surface area contributed by atoms with Gasteiger partial charge < -0.3 is 15.0 Å². The molecule has 0 spiro atoms. The molecular formula is C20H23ClN2O3. The van der Waals surface area contributed by atoms with Crippen LogP contribution in [0, 0.1) is 0 Å². The number of ether oxygens (including phenoxy) is 1. The number of carbonyl (C=O) groups excluding carboxylic acids is 2. The van der Waals surface area contributed by atoms with Gasteiger partial charge in [0.15, 0.2) is 0 Å². The van der Waals surface area contributed by atoms with Crippen LogP contribution in [-0.4, -0.2) is 43.0 Å². The normalized spacial score (nSPS) is 11.5. The largest absolute Gasteiger partial charge is 0.494 e. The minimum Gasteiger partial charge on any atom is -0.494 e. The topological polar surface area (TPSA) is 58.6 Å². The number of hydrogen-bond donors (Lipinski definition) is 1. The van der Waals surface area contributed by atoms with Gasteiger partial charge in [-0.25, -0.2) is 0 Å². The van der Waals surface area contributed by atoms with Gasteiger partial charge in [0.1, 0.15) is 11.8 Å². The fourth-order valence-corrected chi connectivity index (χ4v) is 2.65. The van der Waals surface area contributed by atoms with Gasteiger partial charge >= 0.3 is 0 Å². The average Bonchev–Trinajstić information content (AvgIpc) is 2.65. The molecule has 138 valence electrons. The molecule has 6 heteroatoms. The Morgan fingerprint density at radius 2 is 1.77 bits per heavy atom. The second-order valence-corrected chi connectivity index (χ2v) is 6.36. The maximum Gasteiger partial charge on any atom is 0.253 e. The second kappa shape index (κ2) is 9.82. The van der Waals surface area contributed by atoms with Gasteiger partial charge in [-0.2, -0.15) is 0 Å². The van der Waals surface area contributed by atoms with Crippen molar-refractivity contribution in [3.05, 3.63) is 65.2 Å². The third kappa shape index (κ3) is 5.77. The van der Waals surface area contributed by atoms with E-state index in [0.29, 0.717) is 30.2 Å². The molecule has 0 fully saturated rings. The first-order chi connectivity index (χ1) is 12.5. The van der Waals surface area contributed by atoms with Crippen molar-refractivity contribution in [1.29, 1.82) is 0 Å². The van der Waals surface area contributed by atoms with E-state index in [9.17, 15) is 9.59 Å². The van der Waals surface area contributed by atoms with Crippen molar-refractivity contribution in [2.24, 2.45) is 0 Å². The summed E-state index contributed by atoms with van der Waals surface area (Å²) in [7, 11) is 1.71. The highest BCUT2D eigenvalue weighted by Gasteiger charge is 2.20. The van der Waals surface area contributed by atoms with Crippen LogP contribution in [-0.2, 0) is 4.79 Å². The first kappa shape index (κ1) is 19.8. The summed E-state index contributed by atoms with van der Waals surface area (Å²) >= 11 is 6.01. The molecule has 0 radical (unpaired) electrons. The summed E-state index contributed by atoms with van der Waals surface area (Å²) in [5.74, 6) is 0.282. The van der Waals surface area contributed by atoms with Crippen molar-refractivity contribution in [2.75, 3.05) is 20.2 Å². The molecule has 2 amide bonds. The summed E-state index contributed by atoms with van der Waals surface area (Å²) in [6, 6.07) is 15.6. The molecule has 0 saturated heterocycles. The zero-order valence-corrected chi connectivity index (χ0v) is 15.7. The standard InChI is InChI=1S/C20H23ClN2O3/c1-15(22-19(24)17-11-6-7-12-18(17)21)20(25)23(2)13-8-14-26-16-9-4-3-5-10-16/h3-7,9-12,15H,8,13-14H2,1-2H3,(H,22,24). The first-order valence-corrected chi connectivity index (χ1v) is 8.85. The molecule has 5 nitrogen and oxygen atoms in total. The Bertz CT molecular complexity index is 737. The molecule has 0 aromatic heterocycles. The van der Waals surface area contributed by atoms with Crippen LogP contribution in [0.25, 0.3) is 0 Å². The van der Waals surface area contributed by atoms with Crippen molar-refractivity contribution in [2.45, 2.75) is 19.4 Å². The molecule has 1 N–H and O–H groups in total. The van der Waals surface area contributed by atoms with E-state index in [4.69, 9.17) is 16.3 Å². The second-order valence-electron chi connectivity index (χ2n) is 5.95. The first-order valence-electron chi connectivity index (χ1n) is 8.47. The fraction of sp³-hybridized carbons (Fsp3) is 0.300. The van der Waals surface area contributed by atoms with Crippen LogP contribution in [0.15, 0.2) is 54.6 Å². The Hall–Kier alpha value is -2.53. The van der Waals surface area contributed by atoms with E-state index in [-0.39, 0.29) is 11.8 Å². The van der Waals surface area contributed by atoms with Gasteiger partial charge in [0.2, 0.25) is 5.91 Å². The smallest absolute Gasteiger partial charge is 0.253 e. The third-order valence-electron chi connectivity index (χ3n) is 3.86. The Morgan fingerprint density at radius 1 is 1.12 bits per heavy atom. The lowest BCUT2D eigenvalue weighted by atomic mass is 10.2. The van der Waals surface area contributed by atoms with Gasteiger partial charge in [0.25, 0.3) is 5.91 Å². The number of nitrogens with one attached hydrogen (secondary N) is 1. The van der Waals surface area contributed by atoms with Gasteiger partial charge in [0, 0.05) is 13.6 Å². The molecule has 2 aromatic carbocycles. The van der Waals surface area contributed by atoms with E-state index < -0.39 is 6.04 Å². The van der Waals surface area contributed by atoms with Gasteiger partial charge in [-0.3, -0.25) is 9.59 Å². The maximum atomic E-state index is 12.4. The number of likely N-dealkylation sites (N-methyl/N-ethyl adjacent to an activating group) is 1. The van der Waals surface area contributed by atoms with E-state index in [1.807, 2.05) is 30.3 Å². The summed E-state index contributed by atoms with van der Waals surface area (Å²) in [5, 5.41) is 3.05. The molecule has 2 aromatic rings.